The Bertz CT molecular complexity index is 623. The van der Waals surface area contributed by atoms with Crippen molar-refractivity contribution >= 4 is 39.0 Å². The third-order valence-corrected chi connectivity index (χ3v) is 3.59. The summed E-state index contributed by atoms with van der Waals surface area (Å²) in [6, 6.07) is 6.37. The SMILES string of the molecule is O=[N+]([O-])c1cccc(CNc2ncnc(Cl)c2Br)c1. The number of anilines is 1. The van der Waals surface area contributed by atoms with Gasteiger partial charge in [0.1, 0.15) is 17.3 Å². The molecule has 98 valence electrons. The minimum absolute atomic E-state index is 0.0547. The first-order chi connectivity index (χ1) is 9.08. The minimum atomic E-state index is -0.430. The number of halogens is 2. The molecule has 1 aromatic heterocycles. The predicted octanol–water partition coefficient (Wildman–Crippen LogP) is 3.41. The Kier molecular flexibility index (Phi) is 4.28. The van der Waals surface area contributed by atoms with E-state index in [1.807, 2.05) is 0 Å². The summed E-state index contributed by atoms with van der Waals surface area (Å²) in [6.07, 6.45) is 1.34. The first-order valence-corrected chi connectivity index (χ1v) is 6.38. The lowest BCUT2D eigenvalue weighted by Crippen LogP contribution is -2.03. The van der Waals surface area contributed by atoms with Crippen LogP contribution in [0, 0.1) is 10.1 Å². The summed E-state index contributed by atoms with van der Waals surface area (Å²) < 4.78 is 0.557. The van der Waals surface area contributed by atoms with Gasteiger partial charge in [-0.25, -0.2) is 9.97 Å². The zero-order valence-corrected chi connectivity index (χ0v) is 11.8. The zero-order chi connectivity index (χ0) is 13.8. The van der Waals surface area contributed by atoms with Crippen LogP contribution in [0.1, 0.15) is 5.56 Å². The summed E-state index contributed by atoms with van der Waals surface area (Å²) in [6.45, 7) is 0.396. The van der Waals surface area contributed by atoms with Crippen LogP contribution in [-0.4, -0.2) is 14.9 Å². The van der Waals surface area contributed by atoms with Crippen LogP contribution in [-0.2, 0) is 6.54 Å². The maximum atomic E-state index is 10.7. The Labute approximate surface area is 122 Å². The van der Waals surface area contributed by atoms with Gasteiger partial charge in [-0.3, -0.25) is 10.1 Å². The van der Waals surface area contributed by atoms with Gasteiger partial charge in [0.05, 0.1) is 9.40 Å². The van der Waals surface area contributed by atoms with Crippen LogP contribution < -0.4 is 5.32 Å². The van der Waals surface area contributed by atoms with Crippen molar-refractivity contribution in [3.8, 4) is 0 Å². The van der Waals surface area contributed by atoms with Crippen molar-refractivity contribution in [1.82, 2.24) is 9.97 Å². The highest BCUT2D eigenvalue weighted by molar-refractivity contribution is 9.10. The number of hydrogen-bond acceptors (Lipinski definition) is 5. The largest absolute Gasteiger partial charge is 0.365 e. The summed E-state index contributed by atoms with van der Waals surface area (Å²) in [5, 5.41) is 14.0. The maximum Gasteiger partial charge on any atom is 0.269 e. The van der Waals surface area contributed by atoms with E-state index in [-0.39, 0.29) is 5.69 Å². The lowest BCUT2D eigenvalue weighted by molar-refractivity contribution is -0.384. The van der Waals surface area contributed by atoms with Crippen molar-refractivity contribution in [2.24, 2.45) is 0 Å². The van der Waals surface area contributed by atoms with Crippen molar-refractivity contribution in [2.45, 2.75) is 6.54 Å². The molecule has 0 bridgehead atoms. The second kappa shape index (κ2) is 5.94. The average molecular weight is 344 g/mol. The number of rotatable bonds is 4. The van der Waals surface area contributed by atoms with E-state index in [0.717, 1.165) is 5.56 Å². The minimum Gasteiger partial charge on any atom is -0.365 e. The van der Waals surface area contributed by atoms with Gasteiger partial charge in [-0.05, 0) is 21.5 Å². The second-order valence-corrected chi connectivity index (χ2v) is 4.76. The van der Waals surface area contributed by atoms with Gasteiger partial charge in [-0.2, -0.15) is 0 Å². The van der Waals surface area contributed by atoms with Gasteiger partial charge in [0.2, 0.25) is 0 Å². The van der Waals surface area contributed by atoms with Gasteiger partial charge in [0.15, 0.2) is 0 Å². The number of nitrogens with zero attached hydrogens (tertiary/aromatic N) is 3. The second-order valence-electron chi connectivity index (χ2n) is 3.61. The quantitative estimate of drug-likeness (QED) is 0.522. The molecule has 0 saturated carbocycles. The molecule has 8 heteroatoms. The first-order valence-electron chi connectivity index (χ1n) is 5.21. The molecule has 1 N–H and O–H groups in total. The molecule has 0 spiro atoms. The fourth-order valence-corrected chi connectivity index (χ4v) is 1.92. The van der Waals surface area contributed by atoms with Gasteiger partial charge in [-0.1, -0.05) is 23.7 Å². The Hall–Kier alpha value is -1.73. The van der Waals surface area contributed by atoms with Crippen molar-refractivity contribution in [2.75, 3.05) is 5.32 Å². The third-order valence-electron chi connectivity index (χ3n) is 2.33. The standard InChI is InChI=1S/C11H8BrClN4O2/c12-9-10(13)15-6-16-11(9)14-5-7-2-1-3-8(4-7)17(18)19/h1-4,6H,5H2,(H,14,15,16). The van der Waals surface area contributed by atoms with E-state index in [1.165, 1.54) is 18.5 Å². The number of benzene rings is 1. The van der Waals surface area contributed by atoms with Crippen molar-refractivity contribution in [1.29, 1.82) is 0 Å². The zero-order valence-electron chi connectivity index (χ0n) is 9.51. The highest BCUT2D eigenvalue weighted by Gasteiger charge is 2.08. The molecule has 6 nitrogen and oxygen atoms in total. The van der Waals surface area contributed by atoms with Gasteiger partial charge in [0.25, 0.3) is 5.69 Å². The third kappa shape index (κ3) is 3.39. The number of nitro groups is 1. The highest BCUT2D eigenvalue weighted by Crippen LogP contribution is 2.26. The maximum absolute atomic E-state index is 10.7. The summed E-state index contributed by atoms with van der Waals surface area (Å²) in [5.74, 6) is 0.534. The molecule has 0 amide bonds. The van der Waals surface area contributed by atoms with Crippen LogP contribution in [0.25, 0.3) is 0 Å². The van der Waals surface area contributed by atoms with E-state index in [0.29, 0.717) is 22.0 Å². The van der Waals surface area contributed by atoms with Crippen molar-refractivity contribution < 1.29 is 4.92 Å². The number of nitrogens with one attached hydrogen (secondary N) is 1. The Balaban J connectivity index is 2.12. The molecular weight excluding hydrogens is 336 g/mol. The van der Waals surface area contributed by atoms with Crippen molar-refractivity contribution in [3.05, 3.63) is 55.9 Å². The van der Waals surface area contributed by atoms with Crippen LogP contribution in [0.15, 0.2) is 35.1 Å². The molecule has 0 atom stereocenters. The van der Waals surface area contributed by atoms with E-state index in [4.69, 9.17) is 11.6 Å². The van der Waals surface area contributed by atoms with Crippen LogP contribution >= 0.6 is 27.5 Å². The smallest absolute Gasteiger partial charge is 0.269 e. The van der Waals surface area contributed by atoms with E-state index in [2.05, 4.69) is 31.2 Å². The predicted molar refractivity (Wildman–Crippen MR) is 75.2 cm³/mol. The molecule has 0 radical (unpaired) electrons. The number of hydrogen-bond donors (Lipinski definition) is 1. The first kappa shape index (κ1) is 13.7. The van der Waals surface area contributed by atoms with Crippen LogP contribution in [0.5, 0.6) is 0 Å². The molecule has 2 aromatic rings. The number of non-ortho nitro benzene ring substituents is 1. The van der Waals surface area contributed by atoms with Gasteiger partial charge in [0, 0.05) is 18.7 Å². The van der Waals surface area contributed by atoms with Crippen LogP contribution in [0.2, 0.25) is 5.15 Å². The lowest BCUT2D eigenvalue weighted by Gasteiger charge is -2.07. The van der Waals surface area contributed by atoms with E-state index >= 15 is 0 Å². The van der Waals surface area contributed by atoms with Gasteiger partial charge in [-0.15, -0.1) is 0 Å². The summed E-state index contributed by atoms with van der Waals surface area (Å²) >= 11 is 9.10. The van der Waals surface area contributed by atoms with Gasteiger partial charge < -0.3 is 5.32 Å². The van der Waals surface area contributed by atoms with Crippen LogP contribution in [0.4, 0.5) is 11.5 Å². The topological polar surface area (TPSA) is 81.0 Å². The summed E-state index contributed by atoms with van der Waals surface area (Å²) in [4.78, 5) is 18.1. The van der Waals surface area contributed by atoms with Gasteiger partial charge >= 0.3 is 0 Å². The Morgan fingerprint density at radius 1 is 1.42 bits per heavy atom. The molecule has 0 aliphatic heterocycles. The number of aromatic nitrogens is 2. The molecule has 0 aliphatic rings. The normalized spacial score (nSPS) is 10.2. The molecule has 19 heavy (non-hydrogen) atoms. The molecule has 0 saturated heterocycles. The summed E-state index contributed by atoms with van der Waals surface area (Å²) in [7, 11) is 0. The fourth-order valence-electron chi connectivity index (χ4n) is 1.44. The molecule has 2 rings (SSSR count). The van der Waals surface area contributed by atoms with E-state index in [1.54, 1.807) is 12.1 Å². The summed E-state index contributed by atoms with van der Waals surface area (Å²) in [5.41, 5.74) is 0.829. The Morgan fingerprint density at radius 3 is 2.95 bits per heavy atom. The molecule has 1 aromatic carbocycles. The lowest BCUT2D eigenvalue weighted by atomic mass is 10.2. The Morgan fingerprint density at radius 2 is 2.21 bits per heavy atom. The molecular formula is C11H8BrClN4O2. The molecule has 0 aliphatic carbocycles. The van der Waals surface area contributed by atoms with Crippen molar-refractivity contribution in [3.63, 3.8) is 0 Å². The van der Waals surface area contributed by atoms with E-state index in [9.17, 15) is 10.1 Å². The molecule has 0 unspecified atom stereocenters. The number of nitro benzene ring substituents is 1. The molecule has 0 fully saturated rings. The average Bonchev–Trinajstić information content (AvgIpc) is 2.41. The van der Waals surface area contributed by atoms with E-state index < -0.39 is 4.92 Å². The molecule has 1 heterocycles. The monoisotopic (exact) mass is 342 g/mol. The fraction of sp³-hybridized carbons (Fsp3) is 0.0909. The highest BCUT2D eigenvalue weighted by atomic mass is 79.9. The van der Waals surface area contributed by atoms with Crippen LogP contribution in [0.3, 0.4) is 0 Å².